The number of nitrogens with zero attached hydrogens (tertiary/aromatic N) is 2. The van der Waals surface area contributed by atoms with Crippen LogP contribution in [0, 0.1) is 5.92 Å². The van der Waals surface area contributed by atoms with Crippen LogP contribution in [0.15, 0.2) is 30.3 Å². The van der Waals surface area contributed by atoms with Crippen LogP contribution in [0.2, 0.25) is 0 Å². The van der Waals surface area contributed by atoms with Crippen molar-refractivity contribution in [2.75, 3.05) is 45.8 Å². The highest BCUT2D eigenvalue weighted by molar-refractivity contribution is 5.14. The van der Waals surface area contributed by atoms with Crippen molar-refractivity contribution in [3.05, 3.63) is 35.9 Å². The highest BCUT2D eigenvalue weighted by Gasteiger charge is 2.17. The molecule has 0 atom stereocenters. The molecule has 0 unspecified atom stereocenters. The zero-order valence-electron chi connectivity index (χ0n) is 14.4. The number of hydrogen-bond acceptors (Lipinski definition) is 3. The van der Waals surface area contributed by atoms with Crippen LogP contribution in [0.1, 0.15) is 32.3 Å². The standard InChI is InChI=1S/C19H33N3/c1-3-21(4-2)14-15-22(16-18-8-6-5-7-9-18)17-19-10-12-20-13-11-19/h5-9,19-20H,3-4,10-17H2,1-2H3. The molecule has 0 aromatic heterocycles. The van der Waals surface area contributed by atoms with Crippen molar-refractivity contribution in [3.8, 4) is 0 Å². The Labute approximate surface area is 136 Å². The quantitative estimate of drug-likeness (QED) is 0.757. The molecule has 1 aromatic carbocycles. The van der Waals surface area contributed by atoms with Crippen LogP contribution in [-0.4, -0.2) is 55.6 Å². The van der Waals surface area contributed by atoms with E-state index in [4.69, 9.17) is 0 Å². The van der Waals surface area contributed by atoms with E-state index < -0.39 is 0 Å². The van der Waals surface area contributed by atoms with Crippen LogP contribution in [0.4, 0.5) is 0 Å². The van der Waals surface area contributed by atoms with E-state index in [0.29, 0.717) is 0 Å². The summed E-state index contributed by atoms with van der Waals surface area (Å²) in [7, 11) is 0. The smallest absolute Gasteiger partial charge is 0.0234 e. The normalized spacial score (nSPS) is 16.5. The summed E-state index contributed by atoms with van der Waals surface area (Å²) in [5.74, 6) is 0.863. The summed E-state index contributed by atoms with van der Waals surface area (Å²) in [5.41, 5.74) is 1.44. The van der Waals surface area contributed by atoms with Crippen LogP contribution in [0.3, 0.4) is 0 Å². The Balaban J connectivity index is 1.90. The highest BCUT2D eigenvalue weighted by Crippen LogP contribution is 2.15. The topological polar surface area (TPSA) is 18.5 Å². The van der Waals surface area contributed by atoms with Gasteiger partial charge in [0.2, 0.25) is 0 Å². The van der Waals surface area contributed by atoms with E-state index in [1.165, 1.54) is 51.1 Å². The summed E-state index contributed by atoms with van der Waals surface area (Å²) in [6.45, 7) is 13.9. The maximum absolute atomic E-state index is 3.48. The highest BCUT2D eigenvalue weighted by atomic mass is 15.2. The van der Waals surface area contributed by atoms with E-state index in [2.05, 4.69) is 59.3 Å². The molecule has 3 nitrogen and oxygen atoms in total. The van der Waals surface area contributed by atoms with E-state index >= 15 is 0 Å². The van der Waals surface area contributed by atoms with Crippen molar-refractivity contribution >= 4 is 0 Å². The molecular weight excluding hydrogens is 270 g/mol. The van der Waals surface area contributed by atoms with Crippen LogP contribution in [-0.2, 0) is 6.54 Å². The molecule has 0 radical (unpaired) electrons. The first kappa shape index (κ1) is 17.5. The van der Waals surface area contributed by atoms with Gasteiger partial charge >= 0.3 is 0 Å². The minimum atomic E-state index is 0.863. The van der Waals surface area contributed by atoms with Crippen molar-refractivity contribution in [2.24, 2.45) is 5.92 Å². The van der Waals surface area contributed by atoms with Gasteiger partial charge in [-0.3, -0.25) is 4.90 Å². The molecule has 0 saturated carbocycles. The van der Waals surface area contributed by atoms with E-state index in [1.807, 2.05) is 0 Å². The lowest BCUT2D eigenvalue weighted by molar-refractivity contribution is 0.170. The molecule has 1 aromatic rings. The molecule has 0 bridgehead atoms. The number of hydrogen-bond donors (Lipinski definition) is 1. The van der Waals surface area contributed by atoms with Crippen molar-refractivity contribution in [2.45, 2.75) is 33.2 Å². The Morgan fingerprint density at radius 2 is 1.59 bits per heavy atom. The first-order valence-corrected chi connectivity index (χ1v) is 9.01. The molecule has 1 saturated heterocycles. The number of piperidine rings is 1. The molecule has 0 amide bonds. The van der Waals surface area contributed by atoms with Gasteiger partial charge in [0.1, 0.15) is 0 Å². The number of rotatable bonds is 9. The molecule has 22 heavy (non-hydrogen) atoms. The third-order valence-corrected chi connectivity index (χ3v) is 4.85. The van der Waals surface area contributed by atoms with Gasteiger partial charge in [-0.2, -0.15) is 0 Å². The number of benzene rings is 1. The molecule has 1 heterocycles. The fraction of sp³-hybridized carbons (Fsp3) is 0.684. The number of likely N-dealkylation sites (N-methyl/N-ethyl adjacent to an activating group) is 1. The fourth-order valence-electron chi connectivity index (χ4n) is 3.33. The SMILES string of the molecule is CCN(CC)CCN(Cc1ccccc1)CC1CCNCC1. The molecule has 1 aliphatic heterocycles. The molecule has 1 aliphatic rings. The minimum absolute atomic E-state index is 0.863. The molecule has 2 rings (SSSR count). The Hall–Kier alpha value is -0.900. The molecular formula is C19H33N3. The van der Waals surface area contributed by atoms with Gasteiger partial charge in [0, 0.05) is 26.2 Å². The third-order valence-electron chi connectivity index (χ3n) is 4.85. The summed E-state index contributed by atoms with van der Waals surface area (Å²) in [6.07, 6.45) is 2.66. The van der Waals surface area contributed by atoms with Gasteiger partial charge in [0.05, 0.1) is 0 Å². The van der Waals surface area contributed by atoms with Crippen LogP contribution >= 0.6 is 0 Å². The van der Waals surface area contributed by atoms with Gasteiger partial charge in [-0.15, -0.1) is 0 Å². The molecule has 1 N–H and O–H groups in total. The lowest BCUT2D eigenvalue weighted by Crippen LogP contribution is -2.39. The number of nitrogens with one attached hydrogen (secondary N) is 1. The van der Waals surface area contributed by atoms with Crippen molar-refractivity contribution in [1.82, 2.24) is 15.1 Å². The van der Waals surface area contributed by atoms with Gasteiger partial charge < -0.3 is 10.2 Å². The average Bonchev–Trinajstić information content (AvgIpc) is 2.57. The first-order chi connectivity index (χ1) is 10.8. The van der Waals surface area contributed by atoms with E-state index in [9.17, 15) is 0 Å². The maximum atomic E-state index is 3.48. The Bertz CT molecular complexity index is 383. The van der Waals surface area contributed by atoms with E-state index in [0.717, 1.165) is 25.6 Å². The fourth-order valence-corrected chi connectivity index (χ4v) is 3.33. The predicted octanol–water partition coefficient (Wildman–Crippen LogP) is 2.83. The van der Waals surface area contributed by atoms with Gasteiger partial charge in [-0.25, -0.2) is 0 Å². The van der Waals surface area contributed by atoms with Gasteiger partial charge in [0.15, 0.2) is 0 Å². The van der Waals surface area contributed by atoms with Gasteiger partial charge in [-0.1, -0.05) is 44.2 Å². The monoisotopic (exact) mass is 303 g/mol. The largest absolute Gasteiger partial charge is 0.317 e. The third kappa shape index (κ3) is 6.07. The predicted molar refractivity (Wildman–Crippen MR) is 95.1 cm³/mol. The zero-order chi connectivity index (χ0) is 15.6. The second kappa shape index (κ2) is 9.98. The Kier molecular flexibility index (Phi) is 7.92. The Morgan fingerprint density at radius 1 is 0.955 bits per heavy atom. The minimum Gasteiger partial charge on any atom is -0.317 e. The molecule has 0 aliphatic carbocycles. The van der Waals surface area contributed by atoms with Gasteiger partial charge in [0.25, 0.3) is 0 Å². The molecule has 124 valence electrons. The lowest BCUT2D eigenvalue weighted by Gasteiger charge is -2.31. The summed E-state index contributed by atoms with van der Waals surface area (Å²) in [5, 5.41) is 3.48. The summed E-state index contributed by atoms with van der Waals surface area (Å²) in [4.78, 5) is 5.20. The molecule has 1 fully saturated rings. The van der Waals surface area contributed by atoms with Crippen molar-refractivity contribution < 1.29 is 0 Å². The second-order valence-electron chi connectivity index (χ2n) is 6.44. The van der Waals surface area contributed by atoms with Crippen molar-refractivity contribution in [3.63, 3.8) is 0 Å². The lowest BCUT2D eigenvalue weighted by atomic mass is 9.97. The van der Waals surface area contributed by atoms with Crippen LogP contribution < -0.4 is 5.32 Å². The summed E-state index contributed by atoms with van der Waals surface area (Å²) >= 11 is 0. The van der Waals surface area contributed by atoms with E-state index in [1.54, 1.807) is 0 Å². The second-order valence-corrected chi connectivity index (χ2v) is 6.44. The maximum Gasteiger partial charge on any atom is 0.0234 e. The molecule has 3 heteroatoms. The summed E-state index contributed by atoms with van der Waals surface area (Å²) < 4.78 is 0. The first-order valence-electron chi connectivity index (χ1n) is 9.01. The average molecular weight is 303 g/mol. The molecule has 0 spiro atoms. The zero-order valence-corrected chi connectivity index (χ0v) is 14.4. The Morgan fingerprint density at radius 3 is 2.23 bits per heavy atom. The van der Waals surface area contributed by atoms with E-state index in [-0.39, 0.29) is 0 Å². The van der Waals surface area contributed by atoms with Crippen LogP contribution in [0.5, 0.6) is 0 Å². The van der Waals surface area contributed by atoms with Crippen LogP contribution in [0.25, 0.3) is 0 Å². The summed E-state index contributed by atoms with van der Waals surface area (Å²) in [6, 6.07) is 10.9. The van der Waals surface area contributed by atoms with Gasteiger partial charge in [-0.05, 0) is 50.5 Å². The van der Waals surface area contributed by atoms with Crippen molar-refractivity contribution in [1.29, 1.82) is 0 Å².